The Labute approximate surface area is 106 Å². The van der Waals surface area contributed by atoms with Crippen LogP contribution in [0.15, 0.2) is 18.2 Å². The number of nitrogens with one attached hydrogen (secondary N) is 1. The second-order valence-electron chi connectivity index (χ2n) is 4.81. The molecular weight excluding hydrogens is 236 g/mol. The standard InChI is InChI=1S/C13H15ClN2O/c1-16-12-6-8(14)2-3-9(12)11-7-15-5-4-10(11)13(16)17/h2-3,6,10-11,15H,4-5,7H2,1H3. The van der Waals surface area contributed by atoms with Gasteiger partial charge in [-0.3, -0.25) is 4.79 Å². The maximum atomic E-state index is 12.3. The predicted octanol–water partition coefficient (Wildman–Crippen LogP) is 2.01. The minimum Gasteiger partial charge on any atom is -0.316 e. The fourth-order valence-corrected chi connectivity index (χ4v) is 3.14. The summed E-state index contributed by atoms with van der Waals surface area (Å²) in [5.74, 6) is 0.668. The molecule has 2 atom stereocenters. The Kier molecular flexibility index (Phi) is 2.60. The predicted molar refractivity (Wildman–Crippen MR) is 68.6 cm³/mol. The van der Waals surface area contributed by atoms with Crippen LogP contribution in [-0.2, 0) is 4.79 Å². The Balaban J connectivity index is 2.12. The van der Waals surface area contributed by atoms with E-state index in [0.717, 1.165) is 25.2 Å². The van der Waals surface area contributed by atoms with E-state index in [1.807, 2.05) is 19.2 Å². The molecule has 0 spiro atoms. The topological polar surface area (TPSA) is 32.3 Å². The van der Waals surface area contributed by atoms with Gasteiger partial charge in [0.1, 0.15) is 0 Å². The third kappa shape index (κ3) is 1.65. The average Bonchev–Trinajstić information content (AvgIpc) is 2.36. The summed E-state index contributed by atoms with van der Waals surface area (Å²) >= 11 is 6.01. The van der Waals surface area contributed by atoms with Crippen molar-refractivity contribution in [1.29, 1.82) is 0 Å². The number of hydrogen-bond donors (Lipinski definition) is 1. The summed E-state index contributed by atoms with van der Waals surface area (Å²) in [7, 11) is 1.84. The Morgan fingerprint density at radius 3 is 3.06 bits per heavy atom. The van der Waals surface area contributed by atoms with E-state index in [0.29, 0.717) is 10.9 Å². The van der Waals surface area contributed by atoms with Crippen LogP contribution in [0.1, 0.15) is 17.9 Å². The van der Waals surface area contributed by atoms with Crippen LogP contribution in [0, 0.1) is 5.92 Å². The van der Waals surface area contributed by atoms with Crippen LogP contribution in [-0.4, -0.2) is 26.0 Å². The first kappa shape index (κ1) is 11.1. The second kappa shape index (κ2) is 4.00. The smallest absolute Gasteiger partial charge is 0.230 e. The molecule has 90 valence electrons. The second-order valence-corrected chi connectivity index (χ2v) is 5.24. The summed E-state index contributed by atoms with van der Waals surface area (Å²) in [5.41, 5.74) is 2.21. The summed E-state index contributed by atoms with van der Waals surface area (Å²) in [5, 5.41) is 4.06. The Morgan fingerprint density at radius 1 is 1.41 bits per heavy atom. The van der Waals surface area contributed by atoms with Crippen molar-refractivity contribution in [3.8, 4) is 0 Å². The maximum Gasteiger partial charge on any atom is 0.230 e. The summed E-state index contributed by atoms with van der Waals surface area (Å²) in [6.07, 6.45) is 0.926. The minimum absolute atomic E-state index is 0.134. The van der Waals surface area contributed by atoms with Crippen LogP contribution < -0.4 is 10.2 Å². The third-order valence-electron chi connectivity index (χ3n) is 3.88. The van der Waals surface area contributed by atoms with Gasteiger partial charge in [-0.15, -0.1) is 0 Å². The summed E-state index contributed by atoms with van der Waals surface area (Å²) in [6.45, 7) is 1.82. The lowest BCUT2D eigenvalue weighted by molar-refractivity contribution is -0.123. The normalized spacial score (nSPS) is 27.6. The number of rotatable bonds is 0. The van der Waals surface area contributed by atoms with Crippen molar-refractivity contribution >= 4 is 23.2 Å². The van der Waals surface area contributed by atoms with Crippen LogP contribution in [0.2, 0.25) is 5.02 Å². The zero-order valence-electron chi connectivity index (χ0n) is 9.74. The first-order chi connectivity index (χ1) is 8.18. The molecule has 4 heteroatoms. The van der Waals surface area contributed by atoms with Gasteiger partial charge in [-0.05, 0) is 30.7 Å². The maximum absolute atomic E-state index is 12.3. The minimum atomic E-state index is 0.134. The van der Waals surface area contributed by atoms with E-state index in [1.165, 1.54) is 5.56 Å². The first-order valence-corrected chi connectivity index (χ1v) is 6.34. The van der Waals surface area contributed by atoms with Crippen LogP contribution in [0.25, 0.3) is 0 Å². The molecule has 1 aromatic carbocycles. The van der Waals surface area contributed by atoms with Gasteiger partial charge in [0.15, 0.2) is 0 Å². The lowest BCUT2D eigenvalue weighted by atomic mass is 9.77. The Bertz CT molecular complexity index is 474. The van der Waals surface area contributed by atoms with E-state index in [4.69, 9.17) is 11.6 Å². The highest BCUT2D eigenvalue weighted by Crippen LogP contribution is 2.42. The van der Waals surface area contributed by atoms with E-state index in [-0.39, 0.29) is 11.8 Å². The SMILES string of the molecule is CN1C(=O)C2CCNCC2c2ccc(Cl)cc21. The monoisotopic (exact) mass is 250 g/mol. The molecule has 0 aromatic heterocycles. The van der Waals surface area contributed by atoms with Crippen LogP contribution in [0.5, 0.6) is 0 Å². The van der Waals surface area contributed by atoms with E-state index >= 15 is 0 Å². The van der Waals surface area contributed by atoms with E-state index in [2.05, 4.69) is 11.4 Å². The zero-order chi connectivity index (χ0) is 12.0. The summed E-state index contributed by atoms with van der Waals surface area (Å²) in [6, 6.07) is 5.86. The molecule has 17 heavy (non-hydrogen) atoms. The van der Waals surface area contributed by atoms with Crippen molar-refractivity contribution in [3.63, 3.8) is 0 Å². The fraction of sp³-hybridized carbons (Fsp3) is 0.462. The quantitative estimate of drug-likeness (QED) is 0.764. The van der Waals surface area contributed by atoms with Crippen molar-refractivity contribution in [2.75, 3.05) is 25.0 Å². The number of nitrogens with zero attached hydrogens (tertiary/aromatic N) is 1. The van der Waals surface area contributed by atoms with Crippen LogP contribution >= 0.6 is 11.6 Å². The number of anilines is 1. The first-order valence-electron chi connectivity index (χ1n) is 5.96. The molecule has 1 N–H and O–H groups in total. The lowest BCUT2D eigenvalue weighted by Gasteiger charge is -2.40. The lowest BCUT2D eigenvalue weighted by Crippen LogP contribution is -2.47. The zero-order valence-corrected chi connectivity index (χ0v) is 10.5. The van der Waals surface area contributed by atoms with Crippen LogP contribution in [0.3, 0.4) is 0 Å². The number of halogens is 1. The molecule has 0 aliphatic carbocycles. The average molecular weight is 251 g/mol. The fourth-order valence-electron chi connectivity index (χ4n) is 2.97. The summed E-state index contributed by atoms with van der Waals surface area (Å²) < 4.78 is 0. The number of fused-ring (bicyclic) bond motifs is 3. The Morgan fingerprint density at radius 2 is 2.24 bits per heavy atom. The highest BCUT2D eigenvalue weighted by molar-refractivity contribution is 6.31. The van der Waals surface area contributed by atoms with Crippen molar-refractivity contribution < 1.29 is 4.79 Å². The molecule has 0 bridgehead atoms. The highest BCUT2D eigenvalue weighted by atomic mass is 35.5. The van der Waals surface area contributed by atoms with Gasteiger partial charge >= 0.3 is 0 Å². The molecule has 2 unspecified atom stereocenters. The molecule has 3 rings (SSSR count). The number of carbonyl (C=O) groups is 1. The number of amides is 1. The van der Waals surface area contributed by atoms with Gasteiger partial charge in [-0.2, -0.15) is 0 Å². The van der Waals surface area contributed by atoms with Gasteiger partial charge in [0.2, 0.25) is 5.91 Å². The molecule has 2 aliphatic heterocycles. The van der Waals surface area contributed by atoms with Crippen molar-refractivity contribution in [3.05, 3.63) is 28.8 Å². The van der Waals surface area contributed by atoms with E-state index in [1.54, 1.807) is 4.90 Å². The van der Waals surface area contributed by atoms with Crippen molar-refractivity contribution in [1.82, 2.24) is 5.32 Å². The number of carbonyl (C=O) groups excluding carboxylic acids is 1. The van der Waals surface area contributed by atoms with Crippen LogP contribution in [0.4, 0.5) is 5.69 Å². The molecule has 0 saturated carbocycles. The van der Waals surface area contributed by atoms with Gasteiger partial charge in [-0.1, -0.05) is 17.7 Å². The molecule has 2 heterocycles. The number of benzene rings is 1. The van der Waals surface area contributed by atoms with E-state index < -0.39 is 0 Å². The molecular formula is C13H15ClN2O. The third-order valence-corrected chi connectivity index (χ3v) is 4.12. The van der Waals surface area contributed by atoms with Gasteiger partial charge in [-0.25, -0.2) is 0 Å². The largest absolute Gasteiger partial charge is 0.316 e. The molecule has 1 saturated heterocycles. The highest BCUT2D eigenvalue weighted by Gasteiger charge is 2.39. The molecule has 1 fully saturated rings. The molecule has 2 aliphatic rings. The molecule has 1 amide bonds. The summed E-state index contributed by atoms with van der Waals surface area (Å²) in [4.78, 5) is 14.0. The van der Waals surface area contributed by atoms with Crippen molar-refractivity contribution in [2.24, 2.45) is 5.92 Å². The Hall–Kier alpha value is -1.06. The van der Waals surface area contributed by atoms with Gasteiger partial charge in [0.25, 0.3) is 0 Å². The van der Waals surface area contributed by atoms with Gasteiger partial charge in [0.05, 0.1) is 0 Å². The van der Waals surface area contributed by atoms with Crippen molar-refractivity contribution in [2.45, 2.75) is 12.3 Å². The van der Waals surface area contributed by atoms with E-state index in [9.17, 15) is 4.79 Å². The number of hydrogen-bond acceptors (Lipinski definition) is 2. The van der Waals surface area contributed by atoms with Gasteiger partial charge < -0.3 is 10.2 Å². The van der Waals surface area contributed by atoms with Gasteiger partial charge in [0, 0.05) is 36.1 Å². The molecule has 1 aromatic rings. The number of piperidine rings is 1. The molecule has 3 nitrogen and oxygen atoms in total. The molecule has 0 radical (unpaired) electrons.